The standard InChI is InChI=1S/C14H17NO4S/c1-4-19-13(16)12(15-14(17)20-3)9-10-5-7-11(18-2)8-6-10/h5-9H,4H2,1-3H3,(H,15,17)/b12-9-. The van der Waals surface area contributed by atoms with Crippen molar-refractivity contribution in [2.45, 2.75) is 6.92 Å². The Balaban J connectivity index is 2.97. The molecule has 20 heavy (non-hydrogen) atoms. The quantitative estimate of drug-likeness (QED) is 0.668. The molecule has 0 radical (unpaired) electrons. The Kier molecular flexibility index (Phi) is 6.66. The average Bonchev–Trinajstić information content (AvgIpc) is 2.47. The fourth-order valence-corrected chi connectivity index (χ4v) is 1.59. The van der Waals surface area contributed by atoms with E-state index in [9.17, 15) is 9.59 Å². The molecule has 108 valence electrons. The van der Waals surface area contributed by atoms with Crippen LogP contribution in [0.4, 0.5) is 4.79 Å². The topological polar surface area (TPSA) is 64.6 Å². The first-order valence-corrected chi connectivity index (χ1v) is 7.21. The molecule has 6 heteroatoms. The Hall–Kier alpha value is -1.95. The molecule has 0 saturated carbocycles. The highest BCUT2D eigenvalue weighted by atomic mass is 32.2. The molecule has 0 aliphatic carbocycles. The second kappa shape index (κ2) is 8.27. The SMILES string of the molecule is CCOC(=O)/C(=C/c1ccc(OC)cc1)NC(=O)SC. The molecule has 0 heterocycles. The van der Waals surface area contributed by atoms with Crippen molar-refractivity contribution in [3.63, 3.8) is 0 Å². The number of carbonyl (C=O) groups is 2. The van der Waals surface area contributed by atoms with E-state index in [0.29, 0.717) is 5.75 Å². The van der Waals surface area contributed by atoms with Crippen LogP contribution in [0.5, 0.6) is 5.75 Å². The minimum absolute atomic E-state index is 0.108. The monoisotopic (exact) mass is 295 g/mol. The first-order valence-electron chi connectivity index (χ1n) is 5.98. The first-order chi connectivity index (χ1) is 9.60. The van der Waals surface area contributed by atoms with Crippen molar-refractivity contribution in [3.05, 3.63) is 35.5 Å². The van der Waals surface area contributed by atoms with Gasteiger partial charge in [0.2, 0.25) is 0 Å². The number of ether oxygens (including phenoxy) is 2. The molecule has 0 spiro atoms. The largest absolute Gasteiger partial charge is 0.497 e. The molecule has 1 rings (SSSR count). The maximum atomic E-state index is 11.8. The molecular weight excluding hydrogens is 278 g/mol. The zero-order valence-corrected chi connectivity index (χ0v) is 12.5. The van der Waals surface area contributed by atoms with Gasteiger partial charge in [-0.15, -0.1) is 0 Å². The highest BCUT2D eigenvalue weighted by Crippen LogP contribution is 2.14. The molecule has 1 N–H and O–H groups in total. The number of amides is 1. The number of benzene rings is 1. The average molecular weight is 295 g/mol. The van der Waals surface area contributed by atoms with E-state index in [2.05, 4.69) is 5.32 Å². The van der Waals surface area contributed by atoms with Gasteiger partial charge < -0.3 is 14.8 Å². The van der Waals surface area contributed by atoms with E-state index in [1.165, 1.54) is 0 Å². The molecule has 0 fully saturated rings. The maximum Gasteiger partial charge on any atom is 0.354 e. The van der Waals surface area contributed by atoms with Crippen LogP contribution in [0.25, 0.3) is 6.08 Å². The van der Waals surface area contributed by atoms with Gasteiger partial charge in [-0.25, -0.2) is 4.79 Å². The number of hydrogen-bond acceptors (Lipinski definition) is 5. The Morgan fingerprint density at radius 1 is 1.30 bits per heavy atom. The molecule has 0 unspecified atom stereocenters. The van der Waals surface area contributed by atoms with Gasteiger partial charge in [-0.3, -0.25) is 4.79 Å². The maximum absolute atomic E-state index is 11.8. The lowest BCUT2D eigenvalue weighted by atomic mass is 10.2. The van der Waals surface area contributed by atoms with Crippen LogP contribution >= 0.6 is 11.8 Å². The van der Waals surface area contributed by atoms with Gasteiger partial charge in [0, 0.05) is 0 Å². The molecular formula is C14H17NO4S. The summed E-state index contributed by atoms with van der Waals surface area (Å²) in [7, 11) is 1.58. The van der Waals surface area contributed by atoms with Gasteiger partial charge in [-0.2, -0.15) is 0 Å². The van der Waals surface area contributed by atoms with E-state index in [1.807, 2.05) is 0 Å². The van der Waals surface area contributed by atoms with E-state index in [-0.39, 0.29) is 17.5 Å². The molecule has 0 saturated heterocycles. The molecule has 5 nitrogen and oxygen atoms in total. The van der Waals surface area contributed by atoms with Crippen LogP contribution in [0.2, 0.25) is 0 Å². The predicted octanol–water partition coefficient (Wildman–Crippen LogP) is 2.67. The van der Waals surface area contributed by atoms with E-state index < -0.39 is 5.97 Å². The van der Waals surface area contributed by atoms with Gasteiger partial charge in [-0.1, -0.05) is 23.9 Å². The second-order valence-corrected chi connectivity index (χ2v) is 4.45. The third-order valence-corrected chi connectivity index (χ3v) is 2.82. The lowest BCUT2D eigenvalue weighted by molar-refractivity contribution is -0.138. The summed E-state index contributed by atoms with van der Waals surface area (Å²) in [6, 6.07) is 7.10. The van der Waals surface area contributed by atoms with Gasteiger partial charge >= 0.3 is 5.97 Å². The number of rotatable bonds is 5. The van der Waals surface area contributed by atoms with E-state index in [1.54, 1.807) is 50.6 Å². The van der Waals surface area contributed by atoms with Crippen molar-refractivity contribution in [3.8, 4) is 5.75 Å². The van der Waals surface area contributed by atoms with E-state index in [0.717, 1.165) is 17.3 Å². The van der Waals surface area contributed by atoms with Crippen LogP contribution in [-0.4, -0.2) is 31.2 Å². The van der Waals surface area contributed by atoms with Crippen molar-refractivity contribution < 1.29 is 19.1 Å². The lowest BCUT2D eigenvalue weighted by Gasteiger charge is -2.08. The number of hydrogen-bond donors (Lipinski definition) is 1. The summed E-state index contributed by atoms with van der Waals surface area (Å²) < 4.78 is 9.97. The van der Waals surface area contributed by atoms with Crippen LogP contribution in [0.3, 0.4) is 0 Å². The summed E-state index contributed by atoms with van der Waals surface area (Å²) in [4.78, 5) is 23.2. The number of esters is 1. The Bertz CT molecular complexity index is 496. The summed E-state index contributed by atoms with van der Waals surface area (Å²) in [5.41, 5.74) is 0.867. The fraction of sp³-hybridized carbons (Fsp3) is 0.286. The number of nitrogens with one attached hydrogen (secondary N) is 1. The molecule has 1 amide bonds. The van der Waals surface area contributed by atoms with Crippen LogP contribution in [0, 0.1) is 0 Å². The van der Waals surface area contributed by atoms with Crippen LogP contribution in [0.15, 0.2) is 30.0 Å². The van der Waals surface area contributed by atoms with Crippen LogP contribution in [-0.2, 0) is 9.53 Å². The van der Waals surface area contributed by atoms with Crippen molar-refractivity contribution in [2.24, 2.45) is 0 Å². The molecule has 1 aromatic carbocycles. The van der Waals surface area contributed by atoms with E-state index in [4.69, 9.17) is 9.47 Å². The predicted molar refractivity (Wildman–Crippen MR) is 79.7 cm³/mol. The van der Waals surface area contributed by atoms with Crippen molar-refractivity contribution in [2.75, 3.05) is 20.0 Å². The highest BCUT2D eigenvalue weighted by Gasteiger charge is 2.13. The Labute approximate surface area is 122 Å². The number of methoxy groups -OCH3 is 1. The fourth-order valence-electron chi connectivity index (χ4n) is 1.38. The Morgan fingerprint density at radius 2 is 1.95 bits per heavy atom. The zero-order valence-electron chi connectivity index (χ0n) is 11.6. The normalized spacial score (nSPS) is 10.8. The summed E-state index contributed by atoms with van der Waals surface area (Å²) >= 11 is 0.987. The van der Waals surface area contributed by atoms with Gasteiger partial charge in [0.1, 0.15) is 11.4 Å². The summed E-state index contributed by atoms with van der Waals surface area (Å²) in [5, 5.41) is 2.19. The molecule has 0 aliphatic heterocycles. The van der Waals surface area contributed by atoms with Crippen LogP contribution < -0.4 is 10.1 Å². The molecule has 0 atom stereocenters. The van der Waals surface area contributed by atoms with Crippen molar-refractivity contribution >= 4 is 29.0 Å². The Morgan fingerprint density at radius 3 is 2.45 bits per heavy atom. The third-order valence-electron chi connectivity index (χ3n) is 2.34. The van der Waals surface area contributed by atoms with E-state index >= 15 is 0 Å². The van der Waals surface area contributed by atoms with Gasteiger partial charge in [0.05, 0.1) is 13.7 Å². The van der Waals surface area contributed by atoms with Crippen molar-refractivity contribution in [1.29, 1.82) is 0 Å². The van der Waals surface area contributed by atoms with Gasteiger partial charge in [-0.05, 0) is 37.0 Å². The summed E-state index contributed by atoms with van der Waals surface area (Å²) in [5.74, 6) is 0.152. The minimum atomic E-state index is -0.564. The molecule has 0 aliphatic rings. The van der Waals surface area contributed by atoms with Gasteiger partial charge in [0.25, 0.3) is 5.24 Å². The summed E-state index contributed by atoms with van der Waals surface area (Å²) in [6.45, 7) is 1.95. The minimum Gasteiger partial charge on any atom is -0.497 e. The van der Waals surface area contributed by atoms with Crippen LogP contribution in [0.1, 0.15) is 12.5 Å². The third kappa shape index (κ3) is 4.97. The lowest BCUT2D eigenvalue weighted by Crippen LogP contribution is -2.25. The molecule has 0 bridgehead atoms. The highest BCUT2D eigenvalue weighted by molar-refractivity contribution is 8.13. The van der Waals surface area contributed by atoms with Crippen molar-refractivity contribution in [1.82, 2.24) is 5.32 Å². The zero-order chi connectivity index (χ0) is 15.0. The number of carbonyl (C=O) groups excluding carboxylic acids is 2. The molecule has 1 aromatic rings. The second-order valence-electron chi connectivity index (χ2n) is 3.67. The smallest absolute Gasteiger partial charge is 0.354 e. The first kappa shape index (κ1) is 16.1. The van der Waals surface area contributed by atoms with Gasteiger partial charge in [0.15, 0.2) is 0 Å². The summed E-state index contributed by atoms with van der Waals surface area (Å²) in [6.07, 6.45) is 3.19. The number of thioether (sulfide) groups is 1. The molecule has 0 aromatic heterocycles.